The van der Waals surface area contributed by atoms with Crippen LogP contribution in [0.2, 0.25) is 0 Å². The van der Waals surface area contributed by atoms with Crippen LogP contribution in [0.3, 0.4) is 0 Å². The molecule has 0 unspecified atom stereocenters. The Morgan fingerprint density at radius 3 is 2.26 bits per heavy atom. The summed E-state index contributed by atoms with van der Waals surface area (Å²) < 4.78 is 28.9. The molecule has 0 aliphatic heterocycles. The van der Waals surface area contributed by atoms with Crippen molar-refractivity contribution in [1.82, 2.24) is 5.32 Å². The van der Waals surface area contributed by atoms with Gasteiger partial charge in [0.1, 0.15) is 11.9 Å². The fourth-order valence-corrected chi connectivity index (χ4v) is 5.04. The van der Waals surface area contributed by atoms with Gasteiger partial charge in [0.15, 0.2) is 0 Å². The number of amides is 2. The van der Waals surface area contributed by atoms with Crippen LogP contribution < -0.4 is 21.1 Å². The molecule has 4 aromatic carbocycles. The molecule has 0 spiro atoms. The van der Waals surface area contributed by atoms with Crippen LogP contribution in [0.5, 0.6) is 0 Å². The molecule has 0 radical (unpaired) electrons. The molecular formula is C31H31N5O5S. The number of sulfonamides is 1. The molecule has 0 aromatic heterocycles. The molecule has 1 atom stereocenters. The molecule has 4 rings (SSSR count). The summed E-state index contributed by atoms with van der Waals surface area (Å²) in [5, 5.41) is 22.1. The van der Waals surface area contributed by atoms with Gasteiger partial charge in [0.2, 0.25) is 15.9 Å². The first-order chi connectivity index (χ1) is 20.1. The maximum atomic E-state index is 13.5. The van der Waals surface area contributed by atoms with Crippen LogP contribution in [-0.4, -0.2) is 38.9 Å². The third-order valence-corrected chi connectivity index (χ3v) is 7.22. The average molecular weight is 586 g/mol. The van der Waals surface area contributed by atoms with E-state index in [1.165, 1.54) is 6.07 Å². The lowest BCUT2D eigenvalue weighted by Crippen LogP contribution is -2.36. The Morgan fingerprint density at radius 1 is 0.881 bits per heavy atom. The molecule has 0 aliphatic carbocycles. The molecule has 11 heteroatoms. The van der Waals surface area contributed by atoms with Gasteiger partial charge in [-0.3, -0.25) is 15.5 Å². The van der Waals surface area contributed by atoms with Crippen molar-refractivity contribution in [2.75, 3.05) is 17.2 Å². The summed E-state index contributed by atoms with van der Waals surface area (Å²) >= 11 is 0. The van der Waals surface area contributed by atoms with E-state index in [1.807, 2.05) is 30.3 Å². The van der Waals surface area contributed by atoms with E-state index in [0.29, 0.717) is 34.5 Å². The van der Waals surface area contributed by atoms with E-state index in [-0.39, 0.29) is 23.2 Å². The van der Waals surface area contributed by atoms with Crippen molar-refractivity contribution in [2.45, 2.75) is 24.3 Å². The standard InChI is InChI=1S/C31H31N5O5S/c1-2-41-31(38)36-29(32)23-11-8-12-25(20-23)34-27(19-21-9-4-3-5-10-21)30(37)35-24-17-15-22(16-18-24)26-13-6-7-14-28(26)42(33,39)40/h3-18,20,27,34H,2,19H2,1H3,(H,35,37)(H2,32,36,38)(H2,33,39,40)/t27-/m0/s1. The van der Waals surface area contributed by atoms with Gasteiger partial charge in [0.25, 0.3) is 0 Å². The highest BCUT2D eigenvalue weighted by Gasteiger charge is 2.20. The largest absolute Gasteiger partial charge is 0.450 e. The molecule has 2 amide bonds. The Kier molecular flexibility index (Phi) is 9.69. The molecule has 6 N–H and O–H groups in total. The van der Waals surface area contributed by atoms with Crippen molar-refractivity contribution in [3.8, 4) is 11.1 Å². The van der Waals surface area contributed by atoms with E-state index < -0.39 is 22.2 Å². The Hall–Kier alpha value is -5.00. The highest BCUT2D eigenvalue weighted by Crippen LogP contribution is 2.27. The number of anilines is 2. The average Bonchev–Trinajstić information content (AvgIpc) is 2.97. The van der Waals surface area contributed by atoms with Crippen LogP contribution in [0, 0.1) is 5.41 Å². The number of ether oxygens (including phenoxy) is 1. The number of benzene rings is 4. The first kappa shape index (κ1) is 30.0. The number of hydrogen-bond acceptors (Lipinski definition) is 7. The van der Waals surface area contributed by atoms with E-state index in [2.05, 4.69) is 16.0 Å². The van der Waals surface area contributed by atoms with Crippen molar-refractivity contribution in [3.63, 3.8) is 0 Å². The van der Waals surface area contributed by atoms with Crippen molar-refractivity contribution in [3.05, 3.63) is 114 Å². The number of primary sulfonamides is 1. The fraction of sp³-hybridized carbons (Fsp3) is 0.129. The fourth-order valence-electron chi connectivity index (χ4n) is 4.28. The first-order valence-electron chi connectivity index (χ1n) is 13.1. The Balaban J connectivity index is 1.53. The lowest BCUT2D eigenvalue weighted by atomic mass is 10.0. The molecule has 0 fully saturated rings. The topological polar surface area (TPSA) is 163 Å². The predicted octanol–water partition coefficient (Wildman–Crippen LogP) is 4.73. The third-order valence-electron chi connectivity index (χ3n) is 6.25. The molecule has 0 saturated heterocycles. The van der Waals surface area contributed by atoms with Crippen molar-refractivity contribution in [1.29, 1.82) is 5.41 Å². The highest BCUT2D eigenvalue weighted by atomic mass is 32.2. The van der Waals surface area contributed by atoms with Crippen LogP contribution in [0.1, 0.15) is 18.1 Å². The van der Waals surface area contributed by atoms with E-state index in [0.717, 1.165) is 5.56 Å². The minimum Gasteiger partial charge on any atom is -0.450 e. The van der Waals surface area contributed by atoms with E-state index in [1.54, 1.807) is 73.7 Å². The number of nitrogens with two attached hydrogens (primary N) is 1. The summed E-state index contributed by atoms with van der Waals surface area (Å²) in [6.45, 7) is 1.86. The number of amidine groups is 1. The summed E-state index contributed by atoms with van der Waals surface area (Å²) in [6, 6.07) is 28.9. The minimum atomic E-state index is -3.92. The number of nitrogens with one attached hydrogen (secondary N) is 4. The van der Waals surface area contributed by atoms with Crippen LogP contribution in [0.25, 0.3) is 11.1 Å². The Morgan fingerprint density at radius 2 is 1.57 bits per heavy atom. The van der Waals surface area contributed by atoms with Crippen LogP contribution in [-0.2, 0) is 26.0 Å². The van der Waals surface area contributed by atoms with Gasteiger partial charge in [-0.05, 0) is 48.4 Å². The molecule has 42 heavy (non-hydrogen) atoms. The van der Waals surface area contributed by atoms with Crippen LogP contribution >= 0.6 is 0 Å². The molecule has 0 aliphatic rings. The third kappa shape index (κ3) is 8.03. The zero-order valence-electron chi connectivity index (χ0n) is 22.8. The molecular weight excluding hydrogens is 554 g/mol. The summed E-state index contributed by atoms with van der Waals surface area (Å²) in [7, 11) is -3.92. The zero-order chi connectivity index (χ0) is 30.1. The van der Waals surface area contributed by atoms with E-state index in [4.69, 9.17) is 15.3 Å². The van der Waals surface area contributed by atoms with Crippen LogP contribution in [0.15, 0.2) is 108 Å². The Bertz CT molecular complexity index is 1680. The minimum absolute atomic E-state index is 0.0154. The van der Waals surface area contributed by atoms with E-state index in [9.17, 15) is 18.0 Å². The number of rotatable bonds is 10. The van der Waals surface area contributed by atoms with Gasteiger partial charge in [0, 0.05) is 28.9 Å². The number of alkyl carbamates (subject to hydrolysis) is 1. The van der Waals surface area contributed by atoms with Gasteiger partial charge in [0.05, 0.1) is 11.5 Å². The highest BCUT2D eigenvalue weighted by molar-refractivity contribution is 7.89. The molecule has 4 aromatic rings. The second kappa shape index (κ2) is 13.6. The SMILES string of the molecule is CCOC(=O)NC(=N)c1cccc(N[C@@H](Cc2ccccc2)C(=O)Nc2ccc(-c3ccccc3S(N)(=O)=O)cc2)c1. The summed E-state index contributed by atoms with van der Waals surface area (Å²) in [6.07, 6.45) is -0.351. The summed E-state index contributed by atoms with van der Waals surface area (Å²) in [4.78, 5) is 25.3. The number of hydrogen-bond donors (Lipinski definition) is 5. The normalized spacial score (nSPS) is 11.7. The second-order valence-corrected chi connectivity index (χ2v) is 10.8. The van der Waals surface area contributed by atoms with Crippen molar-refractivity contribution < 1.29 is 22.7 Å². The predicted molar refractivity (Wildman–Crippen MR) is 163 cm³/mol. The van der Waals surface area contributed by atoms with Gasteiger partial charge in [-0.1, -0.05) is 72.8 Å². The summed E-state index contributed by atoms with van der Waals surface area (Å²) in [5.74, 6) is -0.438. The maximum absolute atomic E-state index is 13.5. The van der Waals surface area contributed by atoms with Gasteiger partial charge in [-0.2, -0.15) is 0 Å². The van der Waals surface area contributed by atoms with Crippen LogP contribution in [0.4, 0.5) is 16.2 Å². The quantitative estimate of drug-likeness (QED) is 0.133. The molecule has 0 bridgehead atoms. The lowest BCUT2D eigenvalue weighted by molar-refractivity contribution is -0.116. The van der Waals surface area contributed by atoms with Crippen molar-refractivity contribution in [2.24, 2.45) is 5.14 Å². The zero-order valence-corrected chi connectivity index (χ0v) is 23.6. The smallest absolute Gasteiger partial charge is 0.412 e. The number of carbonyl (C=O) groups is 2. The maximum Gasteiger partial charge on any atom is 0.412 e. The molecule has 0 heterocycles. The first-order valence-corrected chi connectivity index (χ1v) is 14.6. The van der Waals surface area contributed by atoms with Gasteiger partial charge in [-0.15, -0.1) is 0 Å². The van der Waals surface area contributed by atoms with Gasteiger partial charge >= 0.3 is 6.09 Å². The second-order valence-electron chi connectivity index (χ2n) is 9.30. The lowest BCUT2D eigenvalue weighted by Gasteiger charge is -2.20. The Labute approximate surface area is 244 Å². The molecule has 216 valence electrons. The molecule has 0 saturated carbocycles. The monoisotopic (exact) mass is 585 g/mol. The number of carbonyl (C=O) groups excluding carboxylic acids is 2. The van der Waals surface area contributed by atoms with Crippen molar-refractivity contribution >= 4 is 39.2 Å². The summed E-state index contributed by atoms with van der Waals surface area (Å²) in [5.41, 5.74) is 3.56. The van der Waals surface area contributed by atoms with Gasteiger partial charge in [-0.25, -0.2) is 18.4 Å². The molecule has 10 nitrogen and oxygen atoms in total. The van der Waals surface area contributed by atoms with Gasteiger partial charge < -0.3 is 15.4 Å². The van der Waals surface area contributed by atoms with E-state index >= 15 is 0 Å².